The van der Waals surface area contributed by atoms with E-state index in [1.165, 1.54) is 12.8 Å². The average Bonchev–Trinajstić information content (AvgIpc) is 2.30. The number of aromatic nitrogens is 1. The SMILES string of the molecule is Cc1cc(N[C@@H]2CCCC[C@H]2N)c(C(N)=O)c(C)n1. The van der Waals surface area contributed by atoms with E-state index in [4.69, 9.17) is 11.5 Å². The summed E-state index contributed by atoms with van der Waals surface area (Å²) in [6.07, 6.45) is 4.39. The normalized spacial score (nSPS) is 23.1. The standard InChI is InChI=1S/C14H22N4O/c1-8-7-12(13(14(16)19)9(2)17-8)18-11-6-4-3-5-10(11)15/h7,10-11H,3-6,15H2,1-2H3,(H2,16,19)(H,17,18)/t10-,11-/m1/s1. The largest absolute Gasteiger partial charge is 0.380 e. The van der Waals surface area contributed by atoms with Gasteiger partial charge in [-0.3, -0.25) is 9.78 Å². The lowest BCUT2D eigenvalue weighted by Crippen LogP contribution is -2.43. The minimum atomic E-state index is -0.447. The van der Waals surface area contributed by atoms with Gasteiger partial charge in [0, 0.05) is 17.8 Å². The first-order chi connectivity index (χ1) is 8.99. The highest BCUT2D eigenvalue weighted by Gasteiger charge is 2.23. The van der Waals surface area contributed by atoms with Gasteiger partial charge in [-0.15, -0.1) is 0 Å². The number of carbonyl (C=O) groups excluding carboxylic acids is 1. The van der Waals surface area contributed by atoms with Gasteiger partial charge in [0.15, 0.2) is 0 Å². The molecule has 0 aromatic carbocycles. The second-order valence-corrected chi connectivity index (χ2v) is 5.34. The third-order valence-electron chi connectivity index (χ3n) is 3.74. The summed E-state index contributed by atoms with van der Waals surface area (Å²) in [6.45, 7) is 3.71. The molecule has 1 aliphatic carbocycles. The molecule has 0 bridgehead atoms. The van der Waals surface area contributed by atoms with E-state index in [1.54, 1.807) is 6.92 Å². The maximum atomic E-state index is 11.6. The molecule has 0 saturated heterocycles. The number of hydrogen-bond acceptors (Lipinski definition) is 4. The molecule has 1 heterocycles. The van der Waals surface area contributed by atoms with Gasteiger partial charge in [-0.2, -0.15) is 0 Å². The summed E-state index contributed by atoms with van der Waals surface area (Å²) in [6, 6.07) is 2.20. The summed E-state index contributed by atoms with van der Waals surface area (Å²) in [7, 11) is 0. The van der Waals surface area contributed by atoms with E-state index in [-0.39, 0.29) is 12.1 Å². The molecule has 0 spiro atoms. The zero-order valence-corrected chi connectivity index (χ0v) is 11.6. The predicted octanol–water partition coefficient (Wildman–Crippen LogP) is 1.48. The van der Waals surface area contributed by atoms with Crippen LogP contribution in [0.2, 0.25) is 0 Å². The molecule has 104 valence electrons. The van der Waals surface area contributed by atoms with Crippen LogP contribution in [0.15, 0.2) is 6.07 Å². The van der Waals surface area contributed by atoms with Crippen LogP contribution in [0.1, 0.15) is 47.4 Å². The molecule has 1 fully saturated rings. The minimum Gasteiger partial charge on any atom is -0.380 e. The van der Waals surface area contributed by atoms with Crippen molar-refractivity contribution in [3.63, 3.8) is 0 Å². The Morgan fingerprint density at radius 1 is 1.37 bits per heavy atom. The zero-order chi connectivity index (χ0) is 14.0. The Labute approximate surface area is 113 Å². The monoisotopic (exact) mass is 262 g/mol. The van der Waals surface area contributed by atoms with Crippen molar-refractivity contribution in [2.45, 2.75) is 51.6 Å². The lowest BCUT2D eigenvalue weighted by molar-refractivity contribution is 0.1000. The number of primary amides is 1. The van der Waals surface area contributed by atoms with E-state index in [9.17, 15) is 4.79 Å². The Morgan fingerprint density at radius 2 is 2.05 bits per heavy atom. The molecule has 19 heavy (non-hydrogen) atoms. The lowest BCUT2D eigenvalue weighted by atomic mass is 9.90. The minimum absolute atomic E-state index is 0.128. The van der Waals surface area contributed by atoms with Gasteiger partial charge in [-0.25, -0.2) is 0 Å². The maximum Gasteiger partial charge on any atom is 0.252 e. The van der Waals surface area contributed by atoms with Crippen molar-refractivity contribution in [1.82, 2.24) is 4.98 Å². The number of pyridine rings is 1. The number of hydrogen-bond donors (Lipinski definition) is 3. The predicted molar refractivity (Wildman–Crippen MR) is 76.1 cm³/mol. The molecule has 2 atom stereocenters. The number of nitrogens with one attached hydrogen (secondary N) is 1. The number of rotatable bonds is 3. The van der Waals surface area contributed by atoms with Crippen molar-refractivity contribution < 1.29 is 4.79 Å². The number of aryl methyl sites for hydroxylation is 2. The first-order valence-corrected chi connectivity index (χ1v) is 6.79. The molecule has 1 aromatic heterocycles. The number of anilines is 1. The third-order valence-corrected chi connectivity index (χ3v) is 3.74. The summed E-state index contributed by atoms with van der Waals surface area (Å²) in [5, 5.41) is 3.40. The molecule has 0 aliphatic heterocycles. The van der Waals surface area contributed by atoms with E-state index in [2.05, 4.69) is 10.3 Å². The van der Waals surface area contributed by atoms with Gasteiger partial charge >= 0.3 is 0 Å². The van der Waals surface area contributed by atoms with Crippen molar-refractivity contribution in [2.75, 3.05) is 5.32 Å². The van der Waals surface area contributed by atoms with Crippen LogP contribution in [0.3, 0.4) is 0 Å². The summed E-state index contributed by atoms with van der Waals surface area (Å²) in [4.78, 5) is 15.9. The van der Waals surface area contributed by atoms with Gasteiger partial charge in [0.05, 0.1) is 16.9 Å². The highest BCUT2D eigenvalue weighted by atomic mass is 16.1. The summed E-state index contributed by atoms with van der Waals surface area (Å²) < 4.78 is 0. The highest BCUT2D eigenvalue weighted by molar-refractivity contribution is 5.99. The summed E-state index contributed by atoms with van der Waals surface area (Å²) in [5.41, 5.74) is 14.4. The average molecular weight is 262 g/mol. The van der Waals surface area contributed by atoms with Gasteiger partial charge in [0.25, 0.3) is 5.91 Å². The van der Waals surface area contributed by atoms with E-state index < -0.39 is 5.91 Å². The van der Waals surface area contributed by atoms with Crippen LogP contribution in [0.25, 0.3) is 0 Å². The van der Waals surface area contributed by atoms with Crippen LogP contribution in [0, 0.1) is 13.8 Å². The maximum absolute atomic E-state index is 11.6. The molecular weight excluding hydrogens is 240 g/mol. The quantitative estimate of drug-likeness (QED) is 0.769. The smallest absolute Gasteiger partial charge is 0.252 e. The van der Waals surface area contributed by atoms with E-state index in [0.717, 1.165) is 24.2 Å². The number of nitrogens with two attached hydrogens (primary N) is 2. The fourth-order valence-corrected chi connectivity index (χ4v) is 2.79. The Kier molecular flexibility index (Phi) is 4.04. The zero-order valence-electron chi connectivity index (χ0n) is 11.6. The molecule has 5 N–H and O–H groups in total. The van der Waals surface area contributed by atoms with Gasteiger partial charge in [-0.05, 0) is 32.8 Å². The Balaban J connectivity index is 2.30. The van der Waals surface area contributed by atoms with Gasteiger partial charge in [0.2, 0.25) is 0 Å². The van der Waals surface area contributed by atoms with Gasteiger partial charge < -0.3 is 16.8 Å². The fraction of sp³-hybridized carbons (Fsp3) is 0.571. The fourth-order valence-electron chi connectivity index (χ4n) is 2.79. The molecule has 1 saturated carbocycles. The second kappa shape index (κ2) is 5.57. The number of amides is 1. The first kappa shape index (κ1) is 13.8. The molecule has 0 radical (unpaired) electrons. The van der Waals surface area contributed by atoms with Crippen molar-refractivity contribution in [3.8, 4) is 0 Å². The van der Waals surface area contributed by atoms with Crippen molar-refractivity contribution >= 4 is 11.6 Å². The number of nitrogens with zero attached hydrogens (tertiary/aromatic N) is 1. The molecule has 5 nitrogen and oxygen atoms in total. The molecular formula is C14H22N4O. The van der Waals surface area contributed by atoms with Gasteiger partial charge in [0.1, 0.15) is 0 Å². The number of carbonyl (C=O) groups is 1. The summed E-state index contributed by atoms with van der Waals surface area (Å²) in [5.74, 6) is -0.447. The lowest BCUT2D eigenvalue weighted by Gasteiger charge is -2.31. The van der Waals surface area contributed by atoms with Crippen LogP contribution < -0.4 is 16.8 Å². The second-order valence-electron chi connectivity index (χ2n) is 5.34. The van der Waals surface area contributed by atoms with E-state index in [1.807, 2.05) is 13.0 Å². The van der Waals surface area contributed by atoms with Crippen molar-refractivity contribution in [2.24, 2.45) is 11.5 Å². The highest BCUT2D eigenvalue weighted by Crippen LogP contribution is 2.25. The molecule has 1 aliphatic rings. The van der Waals surface area contributed by atoms with E-state index >= 15 is 0 Å². The Hall–Kier alpha value is -1.62. The van der Waals surface area contributed by atoms with Crippen LogP contribution in [0.4, 0.5) is 5.69 Å². The topological polar surface area (TPSA) is 94.0 Å². The first-order valence-electron chi connectivity index (χ1n) is 6.79. The molecule has 2 rings (SSSR count). The van der Waals surface area contributed by atoms with E-state index in [0.29, 0.717) is 11.3 Å². The third kappa shape index (κ3) is 3.04. The Morgan fingerprint density at radius 3 is 2.68 bits per heavy atom. The molecule has 1 aromatic rings. The van der Waals surface area contributed by atoms with Crippen LogP contribution in [-0.2, 0) is 0 Å². The van der Waals surface area contributed by atoms with Crippen LogP contribution in [-0.4, -0.2) is 23.0 Å². The molecule has 0 unspecified atom stereocenters. The van der Waals surface area contributed by atoms with Crippen LogP contribution >= 0.6 is 0 Å². The Bertz CT molecular complexity index is 487. The van der Waals surface area contributed by atoms with Crippen molar-refractivity contribution in [1.29, 1.82) is 0 Å². The van der Waals surface area contributed by atoms with Gasteiger partial charge in [-0.1, -0.05) is 12.8 Å². The molecule has 1 amide bonds. The van der Waals surface area contributed by atoms with Crippen LogP contribution in [0.5, 0.6) is 0 Å². The molecule has 5 heteroatoms. The van der Waals surface area contributed by atoms with Crippen molar-refractivity contribution in [3.05, 3.63) is 23.0 Å². The summed E-state index contributed by atoms with van der Waals surface area (Å²) >= 11 is 0.